The number of hydrogen-bond acceptors (Lipinski definition) is 3. The van der Waals surface area contributed by atoms with Crippen LogP contribution in [0.1, 0.15) is 43.2 Å². The maximum absolute atomic E-state index is 12.3. The molecule has 0 aliphatic carbocycles. The summed E-state index contributed by atoms with van der Waals surface area (Å²) in [7, 11) is 0. The fourth-order valence-electron chi connectivity index (χ4n) is 4.00. The van der Waals surface area contributed by atoms with Gasteiger partial charge in [0, 0.05) is 41.9 Å². The van der Waals surface area contributed by atoms with Crippen LogP contribution in [0.5, 0.6) is 0 Å². The van der Waals surface area contributed by atoms with Gasteiger partial charge in [0.2, 0.25) is 0 Å². The van der Waals surface area contributed by atoms with Crippen molar-refractivity contribution in [1.82, 2.24) is 0 Å². The predicted octanol–water partition coefficient (Wildman–Crippen LogP) is 5.17. The third-order valence-corrected chi connectivity index (χ3v) is 5.51. The van der Waals surface area contributed by atoms with E-state index in [0.29, 0.717) is 5.57 Å². The van der Waals surface area contributed by atoms with Gasteiger partial charge in [0.25, 0.3) is 5.91 Å². The number of fused-ring (bicyclic) bond motifs is 1. The van der Waals surface area contributed by atoms with E-state index in [2.05, 4.69) is 39.8 Å². The summed E-state index contributed by atoms with van der Waals surface area (Å²) in [6.45, 7) is 4.32. The number of benzene rings is 2. The number of amides is 1. The van der Waals surface area contributed by atoms with Crippen molar-refractivity contribution in [2.75, 3.05) is 28.6 Å². The Kier molecular flexibility index (Phi) is 5.14. The second kappa shape index (κ2) is 7.87. The molecule has 0 saturated carbocycles. The van der Waals surface area contributed by atoms with Gasteiger partial charge in [-0.15, -0.1) is 0 Å². The smallest absolute Gasteiger partial charge is 0.257 e. The summed E-state index contributed by atoms with van der Waals surface area (Å²) in [5.41, 5.74) is 5.96. The monoisotopic (exact) mass is 361 g/mol. The van der Waals surface area contributed by atoms with E-state index in [0.717, 1.165) is 35.6 Å². The molecule has 140 valence electrons. The molecule has 4 rings (SSSR count). The highest BCUT2D eigenvalue weighted by molar-refractivity contribution is 6.32. The fourth-order valence-corrected chi connectivity index (χ4v) is 4.00. The van der Waals surface area contributed by atoms with Gasteiger partial charge in [0.1, 0.15) is 0 Å². The molecule has 2 aliphatic heterocycles. The van der Waals surface area contributed by atoms with Crippen molar-refractivity contribution in [2.24, 2.45) is 0 Å². The van der Waals surface area contributed by atoms with Gasteiger partial charge in [0.05, 0.1) is 5.57 Å². The molecular formula is C23H27N3O. The molecule has 4 nitrogen and oxygen atoms in total. The average molecular weight is 361 g/mol. The lowest BCUT2D eigenvalue weighted by atomic mass is 10.0. The summed E-state index contributed by atoms with van der Waals surface area (Å²) in [4.78, 5) is 14.8. The van der Waals surface area contributed by atoms with Crippen LogP contribution in [-0.4, -0.2) is 19.0 Å². The highest BCUT2D eigenvalue weighted by atomic mass is 16.2. The minimum Gasteiger partial charge on any atom is -0.372 e. The SMILES string of the molecule is Cc1cccc2c1C(=CNc1ccc(N3CCCCCCC3)cc1)C(=O)N2. The van der Waals surface area contributed by atoms with Crippen LogP contribution in [0.4, 0.5) is 17.1 Å². The third kappa shape index (κ3) is 3.85. The molecule has 2 heterocycles. The molecule has 0 aromatic heterocycles. The number of rotatable bonds is 3. The number of hydrogen-bond donors (Lipinski definition) is 2. The van der Waals surface area contributed by atoms with E-state index in [9.17, 15) is 4.79 Å². The molecule has 0 atom stereocenters. The largest absolute Gasteiger partial charge is 0.372 e. The lowest BCUT2D eigenvalue weighted by molar-refractivity contribution is -0.110. The van der Waals surface area contributed by atoms with Crippen molar-refractivity contribution in [3.05, 3.63) is 59.8 Å². The Hall–Kier alpha value is -2.75. The standard InChI is InChI=1S/C23H27N3O/c1-17-8-7-9-21-22(17)20(23(27)25-21)16-24-18-10-12-19(13-11-18)26-14-5-3-2-4-6-15-26/h7-13,16,24H,2-6,14-15H2,1H3,(H,25,27). The van der Waals surface area contributed by atoms with Crippen molar-refractivity contribution in [2.45, 2.75) is 39.0 Å². The van der Waals surface area contributed by atoms with Crippen LogP contribution in [0.25, 0.3) is 5.57 Å². The zero-order valence-electron chi connectivity index (χ0n) is 15.9. The summed E-state index contributed by atoms with van der Waals surface area (Å²) in [5, 5.41) is 6.23. The lowest BCUT2D eigenvalue weighted by Gasteiger charge is -2.27. The van der Waals surface area contributed by atoms with Crippen LogP contribution in [0, 0.1) is 6.92 Å². The van der Waals surface area contributed by atoms with E-state index in [1.54, 1.807) is 0 Å². The molecule has 2 N–H and O–H groups in total. The third-order valence-electron chi connectivity index (χ3n) is 5.51. The summed E-state index contributed by atoms with van der Waals surface area (Å²) in [6, 6.07) is 14.5. The van der Waals surface area contributed by atoms with Gasteiger partial charge in [-0.2, -0.15) is 0 Å². The predicted molar refractivity (Wildman–Crippen MR) is 113 cm³/mol. The van der Waals surface area contributed by atoms with Gasteiger partial charge < -0.3 is 15.5 Å². The molecule has 2 aromatic carbocycles. The van der Waals surface area contributed by atoms with Crippen LogP contribution in [0.15, 0.2) is 48.7 Å². The molecule has 1 fully saturated rings. The number of carbonyl (C=O) groups excluding carboxylic acids is 1. The first-order valence-electron chi connectivity index (χ1n) is 9.95. The first-order chi connectivity index (χ1) is 13.2. The molecule has 1 saturated heterocycles. The summed E-state index contributed by atoms with van der Waals surface area (Å²) >= 11 is 0. The normalized spacial score (nSPS) is 18.6. The maximum Gasteiger partial charge on any atom is 0.257 e. The molecule has 0 bridgehead atoms. The first-order valence-corrected chi connectivity index (χ1v) is 9.95. The molecule has 0 radical (unpaired) electrons. The van der Waals surface area contributed by atoms with Gasteiger partial charge >= 0.3 is 0 Å². The maximum atomic E-state index is 12.3. The van der Waals surface area contributed by atoms with Crippen molar-refractivity contribution in [3.63, 3.8) is 0 Å². The van der Waals surface area contributed by atoms with Crippen molar-refractivity contribution in [3.8, 4) is 0 Å². The Balaban J connectivity index is 1.48. The highest BCUT2D eigenvalue weighted by Crippen LogP contribution is 2.34. The van der Waals surface area contributed by atoms with Gasteiger partial charge in [0.15, 0.2) is 0 Å². The molecule has 2 aromatic rings. The minimum atomic E-state index is -0.0518. The number of nitrogens with one attached hydrogen (secondary N) is 2. The summed E-state index contributed by atoms with van der Waals surface area (Å²) < 4.78 is 0. The Morgan fingerprint density at radius 3 is 2.41 bits per heavy atom. The molecular weight excluding hydrogens is 334 g/mol. The number of anilines is 3. The van der Waals surface area contributed by atoms with E-state index < -0.39 is 0 Å². The Labute approximate surface area is 161 Å². The van der Waals surface area contributed by atoms with Crippen LogP contribution < -0.4 is 15.5 Å². The van der Waals surface area contributed by atoms with E-state index in [1.165, 1.54) is 37.8 Å². The van der Waals surface area contributed by atoms with Gasteiger partial charge in [-0.3, -0.25) is 4.79 Å². The molecule has 0 spiro atoms. The summed E-state index contributed by atoms with van der Waals surface area (Å²) in [5.74, 6) is -0.0518. The average Bonchev–Trinajstić information content (AvgIpc) is 2.97. The number of nitrogens with zero attached hydrogens (tertiary/aromatic N) is 1. The fraction of sp³-hybridized carbons (Fsp3) is 0.348. The molecule has 1 amide bonds. The minimum absolute atomic E-state index is 0.0518. The van der Waals surface area contributed by atoms with E-state index in [-0.39, 0.29) is 5.91 Å². The Bertz CT molecular complexity index is 846. The van der Waals surface area contributed by atoms with E-state index >= 15 is 0 Å². The molecule has 4 heteroatoms. The van der Waals surface area contributed by atoms with Crippen LogP contribution in [-0.2, 0) is 4.79 Å². The quantitative estimate of drug-likeness (QED) is 0.741. The van der Waals surface area contributed by atoms with Crippen molar-refractivity contribution in [1.29, 1.82) is 0 Å². The summed E-state index contributed by atoms with van der Waals surface area (Å²) in [6.07, 6.45) is 8.43. The number of carbonyl (C=O) groups is 1. The van der Waals surface area contributed by atoms with E-state index in [4.69, 9.17) is 0 Å². The van der Waals surface area contributed by atoms with E-state index in [1.807, 2.05) is 31.3 Å². The molecule has 0 unspecified atom stereocenters. The first kappa shape index (κ1) is 17.7. The molecule has 27 heavy (non-hydrogen) atoms. The zero-order chi connectivity index (χ0) is 18.6. The molecule has 2 aliphatic rings. The van der Waals surface area contributed by atoms with Gasteiger partial charge in [-0.25, -0.2) is 0 Å². The highest BCUT2D eigenvalue weighted by Gasteiger charge is 2.25. The van der Waals surface area contributed by atoms with Crippen LogP contribution in [0.2, 0.25) is 0 Å². The Morgan fingerprint density at radius 1 is 0.963 bits per heavy atom. The second-order valence-electron chi connectivity index (χ2n) is 7.46. The lowest BCUT2D eigenvalue weighted by Crippen LogP contribution is -2.26. The topological polar surface area (TPSA) is 44.4 Å². The van der Waals surface area contributed by atoms with Gasteiger partial charge in [-0.1, -0.05) is 31.4 Å². The zero-order valence-corrected chi connectivity index (χ0v) is 15.9. The van der Waals surface area contributed by atoms with Crippen molar-refractivity contribution < 1.29 is 4.79 Å². The number of aryl methyl sites for hydroxylation is 1. The van der Waals surface area contributed by atoms with Gasteiger partial charge in [-0.05, 0) is 55.7 Å². The van der Waals surface area contributed by atoms with Crippen LogP contribution >= 0.6 is 0 Å². The van der Waals surface area contributed by atoms with Crippen LogP contribution in [0.3, 0.4) is 0 Å². The second-order valence-corrected chi connectivity index (χ2v) is 7.46. The Morgan fingerprint density at radius 2 is 1.67 bits per heavy atom. The van der Waals surface area contributed by atoms with Crippen molar-refractivity contribution >= 4 is 28.5 Å².